The molecule has 9 nitrogen and oxygen atoms in total. The monoisotopic (exact) mass is 604 g/mol. The van der Waals surface area contributed by atoms with Crippen molar-refractivity contribution in [2.75, 3.05) is 7.05 Å². The molecule has 0 saturated carbocycles. The van der Waals surface area contributed by atoms with E-state index in [0.29, 0.717) is 33.8 Å². The van der Waals surface area contributed by atoms with E-state index in [1.165, 1.54) is 53.0 Å². The number of imidazole rings is 1. The Hall–Kier alpha value is -4.63. The fraction of sp³-hybridized carbons (Fsp3) is 0.148. The van der Waals surface area contributed by atoms with Crippen LogP contribution in [0.25, 0.3) is 33.8 Å². The average Bonchev–Trinajstić information content (AvgIpc) is 3.59. The lowest BCUT2D eigenvalue weighted by molar-refractivity contribution is -0.274. The van der Waals surface area contributed by atoms with Gasteiger partial charge >= 0.3 is 6.36 Å². The molecular formula is C27H21F5N6O3S. The summed E-state index contributed by atoms with van der Waals surface area (Å²) in [5.41, 5.74) is 2.19. The molecule has 0 aliphatic rings. The third-order valence-corrected chi connectivity index (χ3v) is 7.68. The highest BCUT2D eigenvalue weighted by molar-refractivity contribution is 7.89. The van der Waals surface area contributed by atoms with Crippen molar-refractivity contribution < 1.29 is 35.1 Å². The minimum Gasteiger partial charge on any atom is -0.406 e. The summed E-state index contributed by atoms with van der Waals surface area (Å²) in [5, 5.41) is 8.15. The molecule has 1 N–H and O–H groups in total. The van der Waals surface area contributed by atoms with Gasteiger partial charge in [-0.1, -0.05) is 23.4 Å². The molecule has 3 aromatic carbocycles. The van der Waals surface area contributed by atoms with Crippen LogP contribution in [0, 0.1) is 6.92 Å². The molecule has 5 aromatic rings. The molecule has 0 saturated heterocycles. The molecule has 0 bridgehead atoms. The Morgan fingerprint density at radius 2 is 1.62 bits per heavy atom. The molecule has 0 atom stereocenters. The van der Waals surface area contributed by atoms with E-state index in [1.54, 1.807) is 37.3 Å². The minimum atomic E-state index is -4.86. The maximum atomic E-state index is 13.5. The standard InChI is InChI=1S/C27H21F5N6O3S/c1-16-35-22(26(28)29)15-37(16)23-11-8-19(18-4-3-5-21(12-18)42(39,40)33-2)13-24(23)38-25(14-34-36-38)17-6-9-20(10-7-17)41-27(30,31)32/h3-15,26,33H,1-2H3. The quantitative estimate of drug-likeness (QED) is 0.223. The van der Waals surface area contributed by atoms with Crippen molar-refractivity contribution in [2.24, 2.45) is 0 Å². The number of halogens is 5. The van der Waals surface area contributed by atoms with E-state index in [-0.39, 0.29) is 10.7 Å². The zero-order valence-electron chi connectivity index (χ0n) is 21.8. The van der Waals surface area contributed by atoms with Gasteiger partial charge in [-0.3, -0.25) is 0 Å². The Kier molecular flexibility index (Phi) is 7.55. The SMILES string of the molecule is CNS(=O)(=O)c1cccc(-c2ccc(-n3cc(C(F)F)nc3C)c(-n3nncc3-c3ccc(OC(F)(F)F)cc3)c2)c1. The van der Waals surface area contributed by atoms with E-state index in [9.17, 15) is 30.4 Å². The van der Waals surface area contributed by atoms with Gasteiger partial charge in [0.25, 0.3) is 6.43 Å². The van der Waals surface area contributed by atoms with Gasteiger partial charge in [-0.25, -0.2) is 31.6 Å². The highest BCUT2D eigenvalue weighted by atomic mass is 32.2. The largest absolute Gasteiger partial charge is 0.573 e. The third kappa shape index (κ3) is 5.87. The second-order valence-corrected chi connectivity index (χ2v) is 10.8. The summed E-state index contributed by atoms with van der Waals surface area (Å²) in [6.07, 6.45) is -5.09. The number of nitrogens with one attached hydrogen (secondary N) is 1. The number of aryl methyl sites for hydroxylation is 1. The number of ether oxygens (including phenoxy) is 1. The van der Waals surface area contributed by atoms with Crippen LogP contribution >= 0.6 is 0 Å². The van der Waals surface area contributed by atoms with Crippen LogP contribution in [-0.4, -0.2) is 46.4 Å². The summed E-state index contributed by atoms with van der Waals surface area (Å²) < 4.78 is 98.7. The van der Waals surface area contributed by atoms with Crippen molar-refractivity contribution in [3.8, 4) is 39.5 Å². The Labute approximate surface area is 236 Å². The minimum absolute atomic E-state index is 0.0303. The van der Waals surface area contributed by atoms with Crippen LogP contribution in [0.1, 0.15) is 17.9 Å². The number of rotatable bonds is 8. The van der Waals surface area contributed by atoms with Crippen LogP contribution in [0.4, 0.5) is 22.0 Å². The lowest BCUT2D eigenvalue weighted by Gasteiger charge is -2.16. The van der Waals surface area contributed by atoms with Crippen LogP contribution in [0.3, 0.4) is 0 Å². The van der Waals surface area contributed by atoms with Crippen LogP contribution in [0.2, 0.25) is 0 Å². The molecule has 5 rings (SSSR count). The summed E-state index contributed by atoms with van der Waals surface area (Å²) in [5.74, 6) is -0.158. The zero-order valence-corrected chi connectivity index (χ0v) is 22.7. The van der Waals surface area contributed by atoms with Gasteiger partial charge in [0.1, 0.15) is 17.3 Å². The first-order valence-electron chi connectivity index (χ1n) is 12.2. The van der Waals surface area contributed by atoms with Crippen molar-refractivity contribution in [1.82, 2.24) is 29.3 Å². The highest BCUT2D eigenvalue weighted by Gasteiger charge is 2.31. The number of nitrogens with zero attached hydrogens (tertiary/aromatic N) is 5. The molecule has 0 amide bonds. The molecule has 0 spiro atoms. The van der Waals surface area contributed by atoms with E-state index in [4.69, 9.17) is 0 Å². The Morgan fingerprint density at radius 3 is 2.26 bits per heavy atom. The molecule has 0 aliphatic carbocycles. The number of aromatic nitrogens is 5. The first-order chi connectivity index (χ1) is 19.9. The summed E-state index contributed by atoms with van der Waals surface area (Å²) in [4.78, 5) is 3.98. The van der Waals surface area contributed by atoms with E-state index in [0.717, 1.165) is 12.1 Å². The first-order valence-corrected chi connectivity index (χ1v) is 13.6. The van der Waals surface area contributed by atoms with Crippen molar-refractivity contribution in [3.63, 3.8) is 0 Å². The van der Waals surface area contributed by atoms with Crippen LogP contribution in [-0.2, 0) is 10.0 Å². The average molecular weight is 605 g/mol. The molecule has 15 heteroatoms. The number of alkyl halides is 5. The molecule has 218 valence electrons. The Bertz CT molecular complexity index is 1850. The molecule has 2 aromatic heterocycles. The van der Waals surface area contributed by atoms with E-state index in [1.807, 2.05) is 0 Å². The normalized spacial score (nSPS) is 12.2. The first kappa shape index (κ1) is 28.9. The number of hydrogen-bond donors (Lipinski definition) is 1. The number of hydrogen-bond acceptors (Lipinski definition) is 6. The van der Waals surface area contributed by atoms with Crippen molar-refractivity contribution in [2.45, 2.75) is 24.6 Å². The maximum absolute atomic E-state index is 13.5. The van der Waals surface area contributed by atoms with Gasteiger partial charge < -0.3 is 9.30 Å². The van der Waals surface area contributed by atoms with Gasteiger partial charge in [0.05, 0.1) is 28.2 Å². The topological polar surface area (TPSA) is 104 Å². The van der Waals surface area contributed by atoms with Crippen LogP contribution in [0.15, 0.2) is 84.0 Å². The van der Waals surface area contributed by atoms with Crippen molar-refractivity contribution in [3.05, 3.63) is 90.6 Å². The van der Waals surface area contributed by atoms with Gasteiger partial charge in [0.15, 0.2) is 0 Å². The van der Waals surface area contributed by atoms with Crippen molar-refractivity contribution in [1.29, 1.82) is 0 Å². The lowest BCUT2D eigenvalue weighted by Crippen LogP contribution is -2.18. The summed E-state index contributed by atoms with van der Waals surface area (Å²) in [6.45, 7) is 1.55. The van der Waals surface area contributed by atoms with E-state index < -0.39 is 34.3 Å². The Morgan fingerprint density at radius 1 is 0.929 bits per heavy atom. The lowest BCUT2D eigenvalue weighted by atomic mass is 10.0. The second kappa shape index (κ2) is 11.0. The van der Waals surface area contributed by atoms with Gasteiger partial charge in [-0.15, -0.1) is 18.3 Å². The Balaban J connectivity index is 1.67. The van der Waals surface area contributed by atoms with Gasteiger partial charge in [-0.05, 0) is 73.6 Å². The molecule has 0 fully saturated rings. The fourth-order valence-electron chi connectivity index (χ4n) is 4.32. The fourth-order valence-corrected chi connectivity index (χ4v) is 5.09. The van der Waals surface area contributed by atoms with Crippen molar-refractivity contribution >= 4 is 10.0 Å². The molecule has 42 heavy (non-hydrogen) atoms. The smallest absolute Gasteiger partial charge is 0.406 e. The molecule has 0 aliphatic heterocycles. The van der Waals surface area contributed by atoms with Gasteiger partial charge in [0, 0.05) is 11.8 Å². The second-order valence-electron chi connectivity index (χ2n) is 8.93. The number of benzene rings is 3. The molecule has 2 heterocycles. The number of sulfonamides is 1. The van der Waals surface area contributed by atoms with Crippen LogP contribution < -0.4 is 9.46 Å². The molecule has 0 radical (unpaired) electrons. The maximum Gasteiger partial charge on any atom is 0.573 e. The molecular weight excluding hydrogens is 583 g/mol. The highest BCUT2D eigenvalue weighted by Crippen LogP contribution is 2.33. The zero-order chi connectivity index (χ0) is 30.2. The van der Waals surface area contributed by atoms with E-state index >= 15 is 0 Å². The predicted octanol–water partition coefficient (Wildman–Crippen LogP) is 5.84. The summed E-state index contributed by atoms with van der Waals surface area (Å²) in [6, 6.07) is 16.2. The van der Waals surface area contributed by atoms with Gasteiger partial charge in [0.2, 0.25) is 10.0 Å². The molecule has 0 unspecified atom stereocenters. The van der Waals surface area contributed by atoms with Gasteiger partial charge in [-0.2, -0.15) is 0 Å². The van der Waals surface area contributed by atoms with Crippen LogP contribution in [0.5, 0.6) is 5.75 Å². The summed E-state index contributed by atoms with van der Waals surface area (Å²) >= 11 is 0. The predicted molar refractivity (Wildman–Crippen MR) is 142 cm³/mol. The third-order valence-electron chi connectivity index (χ3n) is 6.27. The summed E-state index contributed by atoms with van der Waals surface area (Å²) in [7, 11) is -2.45. The van der Waals surface area contributed by atoms with E-state index in [2.05, 4.69) is 24.8 Å².